The fraction of sp³-hybridized carbons (Fsp3) is 0.438. The zero-order valence-electron chi connectivity index (χ0n) is 11.5. The van der Waals surface area contributed by atoms with E-state index in [1.807, 2.05) is 25.1 Å². The molecule has 2 unspecified atom stereocenters. The molecule has 0 radical (unpaired) electrons. The van der Waals surface area contributed by atoms with Gasteiger partial charge < -0.3 is 0 Å². The maximum absolute atomic E-state index is 12.3. The van der Waals surface area contributed by atoms with Crippen LogP contribution in [-0.2, 0) is 9.84 Å². The topological polar surface area (TPSA) is 57.9 Å². The predicted octanol–water partition coefficient (Wildman–Crippen LogP) is 2.99. The Morgan fingerprint density at radius 2 is 2.10 bits per heavy atom. The molecule has 2 heterocycles. The molecule has 1 fully saturated rings. The van der Waals surface area contributed by atoms with Crippen molar-refractivity contribution < 1.29 is 8.42 Å². The summed E-state index contributed by atoms with van der Waals surface area (Å²) in [6.07, 6.45) is 5.02. The van der Waals surface area contributed by atoms with Crippen molar-refractivity contribution in [2.75, 3.05) is 0 Å². The summed E-state index contributed by atoms with van der Waals surface area (Å²) in [6, 6.07) is 7.78. The van der Waals surface area contributed by atoms with Gasteiger partial charge >= 0.3 is 0 Å². The highest BCUT2D eigenvalue weighted by Gasteiger charge is 2.40. The van der Waals surface area contributed by atoms with Gasteiger partial charge in [0.25, 0.3) is 0 Å². The molecule has 104 valence electrons. The molecule has 2 aliphatic rings. The highest BCUT2D eigenvalue weighted by molar-refractivity contribution is 7.93. The molecular formula is C16H17NO2S. The van der Waals surface area contributed by atoms with Gasteiger partial charge in [-0.05, 0) is 55.0 Å². The van der Waals surface area contributed by atoms with Crippen molar-refractivity contribution in [1.29, 1.82) is 5.26 Å². The minimum Gasteiger partial charge on any atom is -0.228 e. The van der Waals surface area contributed by atoms with Crippen LogP contribution in [-0.4, -0.2) is 18.9 Å². The summed E-state index contributed by atoms with van der Waals surface area (Å²) in [4.78, 5) is 0. The summed E-state index contributed by atoms with van der Waals surface area (Å²) in [7, 11) is -2.98. The average Bonchev–Trinajstić information content (AvgIpc) is 2.38. The SMILES string of the molecule is Cc1ccc(C#N)cc1C1=CC2CCCC(C1)S2(=O)=O. The smallest absolute Gasteiger partial charge is 0.159 e. The maximum Gasteiger partial charge on any atom is 0.159 e. The molecule has 1 saturated heterocycles. The molecule has 2 bridgehead atoms. The number of benzene rings is 1. The van der Waals surface area contributed by atoms with E-state index in [1.165, 1.54) is 0 Å². The van der Waals surface area contributed by atoms with Crippen LogP contribution in [0.5, 0.6) is 0 Å². The predicted molar refractivity (Wildman–Crippen MR) is 78.8 cm³/mol. The van der Waals surface area contributed by atoms with Crippen LogP contribution in [0.15, 0.2) is 24.3 Å². The van der Waals surface area contributed by atoms with Crippen LogP contribution in [0, 0.1) is 18.3 Å². The number of hydrogen-bond donors (Lipinski definition) is 0. The van der Waals surface area contributed by atoms with Gasteiger partial charge in [0.15, 0.2) is 9.84 Å². The Hall–Kier alpha value is -1.60. The van der Waals surface area contributed by atoms with Crippen LogP contribution in [0.1, 0.15) is 42.4 Å². The Bertz CT molecular complexity index is 725. The van der Waals surface area contributed by atoms with Crippen LogP contribution in [0.2, 0.25) is 0 Å². The summed E-state index contributed by atoms with van der Waals surface area (Å²) >= 11 is 0. The minimum atomic E-state index is -2.98. The van der Waals surface area contributed by atoms with Crippen molar-refractivity contribution in [2.24, 2.45) is 0 Å². The van der Waals surface area contributed by atoms with E-state index in [2.05, 4.69) is 6.07 Å². The van der Waals surface area contributed by atoms with Gasteiger partial charge in [-0.2, -0.15) is 5.26 Å². The van der Waals surface area contributed by atoms with E-state index in [4.69, 9.17) is 5.26 Å². The first-order valence-corrected chi connectivity index (χ1v) is 8.58. The Kier molecular flexibility index (Phi) is 3.18. The lowest BCUT2D eigenvalue weighted by Gasteiger charge is -2.33. The van der Waals surface area contributed by atoms with Crippen LogP contribution >= 0.6 is 0 Å². The van der Waals surface area contributed by atoms with Gasteiger partial charge in [-0.1, -0.05) is 18.6 Å². The zero-order valence-corrected chi connectivity index (χ0v) is 12.3. The normalized spacial score (nSPS) is 27.5. The Morgan fingerprint density at radius 1 is 1.30 bits per heavy atom. The van der Waals surface area contributed by atoms with Gasteiger partial charge in [-0.3, -0.25) is 0 Å². The quantitative estimate of drug-likeness (QED) is 0.798. The van der Waals surface area contributed by atoms with E-state index in [9.17, 15) is 8.42 Å². The van der Waals surface area contributed by atoms with Gasteiger partial charge in [0.05, 0.1) is 22.1 Å². The van der Waals surface area contributed by atoms with Gasteiger partial charge in [0.1, 0.15) is 0 Å². The third kappa shape index (κ3) is 2.06. The highest BCUT2D eigenvalue weighted by Crippen LogP contribution is 2.39. The Balaban J connectivity index is 2.09. The average molecular weight is 287 g/mol. The number of rotatable bonds is 1. The first-order chi connectivity index (χ1) is 9.52. The Labute approximate surface area is 119 Å². The molecular weight excluding hydrogens is 270 g/mol. The largest absolute Gasteiger partial charge is 0.228 e. The van der Waals surface area contributed by atoms with Crippen molar-refractivity contribution in [3.05, 3.63) is 41.0 Å². The second-order valence-corrected chi connectivity index (χ2v) is 8.17. The zero-order chi connectivity index (χ0) is 14.3. The molecule has 0 amide bonds. The third-order valence-electron chi connectivity index (χ3n) is 4.45. The fourth-order valence-electron chi connectivity index (χ4n) is 3.29. The van der Waals surface area contributed by atoms with E-state index in [1.54, 1.807) is 6.07 Å². The van der Waals surface area contributed by atoms with Gasteiger partial charge in [-0.15, -0.1) is 0 Å². The molecule has 2 aliphatic heterocycles. The van der Waals surface area contributed by atoms with Crippen LogP contribution in [0.25, 0.3) is 5.57 Å². The number of sulfone groups is 1. The molecule has 0 N–H and O–H groups in total. The molecule has 1 aromatic carbocycles. The maximum atomic E-state index is 12.3. The lowest BCUT2D eigenvalue weighted by atomic mass is 9.90. The molecule has 0 spiro atoms. The Morgan fingerprint density at radius 3 is 2.80 bits per heavy atom. The van der Waals surface area contributed by atoms with Crippen molar-refractivity contribution in [3.8, 4) is 6.07 Å². The number of nitrogens with zero attached hydrogens (tertiary/aromatic N) is 1. The second kappa shape index (κ2) is 4.75. The summed E-state index contributed by atoms with van der Waals surface area (Å²) in [5.41, 5.74) is 3.87. The number of allylic oxidation sites excluding steroid dienone is 1. The van der Waals surface area contributed by atoms with E-state index in [-0.39, 0.29) is 10.5 Å². The number of hydrogen-bond acceptors (Lipinski definition) is 3. The molecule has 20 heavy (non-hydrogen) atoms. The van der Waals surface area contributed by atoms with E-state index in [0.29, 0.717) is 12.0 Å². The number of nitriles is 1. The summed E-state index contributed by atoms with van der Waals surface area (Å²) < 4.78 is 24.6. The first kappa shape index (κ1) is 13.4. The monoisotopic (exact) mass is 287 g/mol. The molecule has 1 aromatic rings. The highest BCUT2D eigenvalue weighted by atomic mass is 32.2. The molecule has 2 atom stereocenters. The van der Waals surface area contributed by atoms with E-state index in [0.717, 1.165) is 36.0 Å². The van der Waals surface area contributed by atoms with Crippen molar-refractivity contribution >= 4 is 15.4 Å². The lowest BCUT2D eigenvalue weighted by Crippen LogP contribution is -2.38. The van der Waals surface area contributed by atoms with Gasteiger partial charge in [0.2, 0.25) is 0 Å². The van der Waals surface area contributed by atoms with E-state index < -0.39 is 9.84 Å². The van der Waals surface area contributed by atoms with Crippen molar-refractivity contribution in [2.45, 2.75) is 43.1 Å². The summed E-state index contributed by atoms with van der Waals surface area (Å²) in [5.74, 6) is 0. The van der Waals surface area contributed by atoms with Crippen molar-refractivity contribution in [3.63, 3.8) is 0 Å². The van der Waals surface area contributed by atoms with Gasteiger partial charge in [-0.25, -0.2) is 8.42 Å². The molecule has 0 aliphatic carbocycles. The molecule has 3 nitrogen and oxygen atoms in total. The van der Waals surface area contributed by atoms with Crippen LogP contribution in [0.3, 0.4) is 0 Å². The molecule has 0 aromatic heterocycles. The third-order valence-corrected chi connectivity index (χ3v) is 7.00. The lowest BCUT2D eigenvalue weighted by molar-refractivity contribution is 0.518. The van der Waals surface area contributed by atoms with Gasteiger partial charge in [0, 0.05) is 0 Å². The number of aryl methyl sites for hydroxylation is 1. The molecule has 3 rings (SSSR count). The first-order valence-electron chi connectivity index (χ1n) is 6.97. The standard InChI is InChI=1S/C16H17NO2S/c1-11-5-6-12(10-17)7-16(11)13-8-14-3-2-4-15(9-13)20(14,18)19/h5-8,14-15H,2-4,9H2,1H3. The fourth-order valence-corrected chi connectivity index (χ4v) is 5.54. The van der Waals surface area contributed by atoms with Crippen LogP contribution in [0.4, 0.5) is 0 Å². The summed E-state index contributed by atoms with van der Waals surface area (Å²) in [5, 5.41) is 8.48. The molecule has 4 heteroatoms. The van der Waals surface area contributed by atoms with Crippen molar-refractivity contribution in [1.82, 2.24) is 0 Å². The number of fused-ring (bicyclic) bond motifs is 2. The second-order valence-electron chi connectivity index (χ2n) is 5.72. The van der Waals surface area contributed by atoms with E-state index >= 15 is 0 Å². The summed E-state index contributed by atoms with van der Waals surface area (Å²) in [6.45, 7) is 2.01. The molecule has 0 saturated carbocycles. The minimum absolute atomic E-state index is 0.230. The van der Waals surface area contributed by atoms with Crippen LogP contribution < -0.4 is 0 Å².